The van der Waals surface area contributed by atoms with E-state index in [0.29, 0.717) is 35.7 Å². The van der Waals surface area contributed by atoms with Gasteiger partial charge in [0, 0.05) is 24.6 Å². The SMILES string of the molecule is COc1c2c(cc3c1C(CC(=O)C1=CCC4C5CC=C6CC(O)CCC6(C)C5CCC14C)N(C)CC3)OCO2. The lowest BCUT2D eigenvalue weighted by atomic mass is 9.47. The second-order valence-electron chi connectivity index (χ2n) is 13.6. The fourth-order valence-corrected chi connectivity index (χ4v) is 9.71. The van der Waals surface area contributed by atoms with Crippen LogP contribution in [0.5, 0.6) is 17.2 Å². The van der Waals surface area contributed by atoms with Crippen molar-refractivity contribution in [1.82, 2.24) is 4.90 Å². The molecular formula is C33H43NO5. The summed E-state index contributed by atoms with van der Waals surface area (Å²) in [7, 11) is 3.81. The molecule has 7 atom stereocenters. The molecule has 0 radical (unpaired) electrons. The minimum atomic E-state index is -0.172. The first-order valence-electron chi connectivity index (χ1n) is 15.1. The van der Waals surface area contributed by atoms with Crippen LogP contribution in [0.25, 0.3) is 0 Å². The molecule has 1 aromatic carbocycles. The van der Waals surface area contributed by atoms with E-state index in [1.54, 1.807) is 7.11 Å². The van der Waals surface area contributed by atoms with Gasteiger partial charge in [0.1, 0.15) is 0 Å². The summed E-state index contributed by atoms with van der Waals surface area (Å²) in [4.78, 5) is 16.5. The van der Waals surface area contributed by atoms with Gasteiger partial charge in [-0.25, -0.2) is 0 Å². The lowest BCUT2D eigenvalue weighted by molar-refractivity contribution is -0.119. The minimum absolute atomic E-state index is 0.0432. The van der Waals surface area contributed by atoms with Gasteiger partial charge in [0.2, 0.25) is 12.5 Å². The van der Waals surface area contributed by atoms with E-state index in [1.807, 2.05) is 0 Å². The molecule has 7 rings (SSSR count). The number of nitrogens with zero attached hydrogens (tertiary/aromatic N) is 1. The Balaban J connectivity index is 1.15. The average Bonchev–Trinajstić information content (AvgIpc) is 3.53. The third kappa shape index (κ3) is 3.70. The molecule has 0 amide bonds. The highest BCUT2D eigenvalue weighted by Gasteiger charge is 2.57. The molecule has 7 unspecified atom stereocenters. The molecule has 4 aliphatic carbocycles. The van der Waals surface area contributed by atoms with Crippen LogP contribution < -0.4 is 14.2 Å². The normalized spacial score (nSPS) is 38.6. The largest absolute Gasteiger partial charge is 0.492 e. The number of allylic oxidation sites excluding steroid dienone is 3. The number of carbonyl (C=O) groups is 1. The van der Waals surface area contributed by atoms with Gasteiger partial charge in [-0.3, -0.25) is 9.69 Å². The first-order chi connectivity index (χ1) is 18.7. The van der Waals surface area contributed by atoms with Crippen LogP contribution in [0.1, 0.15) is 82.4 Å². The number of fused-ring (bicyclic) bond motifs is 7. The van der Waals surface area contributed by atoms with Crippen LogP contribution in [0, 0.1) is 28.6 Å². The van der Waals surface area contributed by atoms with Crippen LogP contribution in [0.15, 0.2) is 29.4 Å². The lowest BCUT2D eigenvalue weighted by Crippen LogP contribution is -2.50. The van der Waals surface area contributed by atoms with Crippen molar-refractivity contribution in [2.45, 2.75) is 83.8 Å². The predicted molar refractivity (Wildman–Crippen MR) is 149 cm³/mol. The topological polar surface area (TPSA) is 68.2 Å². The molecule has 0 bridgehead atoms. The summed E-state index contributed by atoms with van der Waals surface area (Å²) in [6, 6.07) is 2.05. The van der Waals surface area contributed by atoms with Gasteiger partial charge < -0.3 is 19.3 Å². The number of hydrogen-bond donors (Lipinski definition) is 1. The van der Waals surface area contributed by atoms with Crippen molar-refractivity contribution in [3.8, 4) is 17.2 Å². The number of hydrogen-bond acceptors (Lipinski definition) is 6. The van der Waals surface area contributed by atoms with E-state index < -0.39 is 0 Å². The highest BCUT2D eigenvalue weighted by molar-refractivity contribution is 5.98. The molecule has 1 aromatic rings. The van der Waals surface area contributed by atoms with E-state index >= 15 is 0 Å². The Bertz CT molecular complexity index is 1270. The standard InChI is InChI=1S/C33H43NO5/c1-32-12-9-21(35)16-20(32)5-6-22-23-7-8-25(33(23,2)13-10-24(22)32)27(36)17-26-29-19(11-14-34(26)3)15-28-30(31(29)37-4)39-18-38-28/h5,8,15,21-24,26,35H,6-7,9-14,16-18H2,1-4H3. The minimum Gasteiger partial charge on any atom is -0.492 e. The Morgan fingerprint density at radius 1 is 1.13 bits per heavy atom. The maximum atomic E-state index is 14.2. The first kappa shape index (κ1) is 25.6. The molecule has 2 fully saturated rings. The monoisotopic (exact) mass is 533 g/mol. The van der Waals surface area contributed by atoms with Gasteiger partial charge in [0.25, 0.3) is 0 Å². The molecular weight excluding hydrogens is 490 g/mol. The number of aliphatic hydroxyl groups excluding tert-OH is 1. The molecule has 0 aromatic heterocycles. The van der Waals surface area contributed by atoms with E-state index in [2.05, 4.69) is 44.0 Å². The highest BCUT2D eigenvalue weighted by atomic mass is 16.7. The Morgan fingerprint density at radius 3 is 2.77 bits per heavy atom. The van der Waals surface area contributed by atoms with Crippen LogP contribution in [-0.4, -0.2) is 49.4 Å². The summed E-state index contributed by atoms with van der Waals surface area (Å²) in [6.45, 7) is 5.96. The van der Waals surface area contributed by atoms with Crippen LogP contribution in [0.3, 0.4) is 0 Å². The van der Waals surface area contributed by atoms with E-state index in [0.717, 1.165) is 74.1 Å². The molecule has 0 saturated heterocycles. The summed E-state index contributed by atoms with van der Waals surface area (Å²) < 4.78 is 17.4. The van der Waals surface area contributed by atoms with E-state index in [4.69, 9.17) is 14.2 Å². The number of rotatable bonds is 4. The number of aliphatic hydroxyl groups is 1. The zero-order valence-electron chi connectivity index (χ0n) is 23.9. The Kier molecular flexibility index (Phi) is 5.99. The van der Waals surface area contributed by atoms with Gasteiger partial charge in [0.15, 0.2) is 17.3 Å². The number of likely N-dealkylation sites (N-methyl/N-ethyl adjacent to an activating group) is 1. The number of ether oxygens (including phenoxy) is 3. The summed E-state index contributed by atoms with van der Waals surface area (Å²) in [5, 5.41) is 10.3. The predicted octanol–water partition coefficient (Wildman–Crippen LogP) is 5.77. The maximum absolute atomic E-state index is 14.2. The van der Waals surface area contributed by atoms with Crippen molar-refractivity contribution < 1.29 is 24.1 Å². The van der Waals surface area contributed by atoms with Crippen molar-refractivity contribution in [2.75, 3.05) is 27.5 Å². The van der Waals surface area contributed by atoms with Crippen molar-refractivity contribution in [2.24, 2.45) is 28.6 Å². The lowest BCUT2D eigenvalue weighted by Gasteiger charge is -2.57. The average molecular weight is 534 g/mol. The molecule has 2 heterocycles. The van der Waals surface area contributed by atoms with Gasteiger partial charge in [-0.1, -0.05) is 31.6 Å². The number of Topliss-reactive ketones (excluding diaryl/α,β-unsaturated/α-hetero) is 1. The fraction of sp³-hybridized carbons (Fsp3) is 0.667. The number of methoxy groups -OCH3 is 1. The third-order valence-electron chi connectivity index (χ3n) is 11.9. The zero-order chi connectivity index (χ0) is 27.1. The molecule has 6 aliphatic rings. The van der Waals surface area contributed by atoms with Gasteiger partial charge in [-0.2, -0.15) is 0 Å². The molecule has 0 spiro atoms. The van der Waals surface area contributed by atoms with E-state index in [1.165, 1.54) is 17.6 Å². The van der Waals surface area contributed by atoms with Crippen LogP contribution in [0.4, 0.5) is 0 Å². The Hall–Kier alpha value is -2.31. The zero-order valence-corrected chi connectivity index (χ0v) is 23.9. The maximum Gasteiger partial charge on any atom is 0.231 e. The molecule has 39 heavy (non-hydrogen) atoms. The molecule has 6 heteroatoms. The van der Waals surface area contributed by atoms with Gasteiger partial charge in [-0.15, -0.1) is 0 Å². The van der Waals surface area contributed by atoms with Crippen LogP contribution >= 0.6 is 0 Å². The first-order valence-corrected chi connectivity index (χ1v) is 15.1. The molecule has 2 aliphatic heterocycles. The molecule has 1 N–H and O–H groups in total. The molecule has 210 valence electrons. The summed E-state index contributed by atoms with van der Waals surface area (Å²) in [6.07, 6.45) is 13.2. The van der Waals surface area contributed by atoms with Gasteiger partial charge in [-0.05, 0) is 104 Å². The Labute approximate surface area is 232 Å². The van der Waals surface area contributed by atoms with Gasteiger partial charge in [0.05, 0.1) is 13.2 Å². The Morgan fingerprint density at radius 2 is 1.95 bits per heavy atom. The third-order valence-corrected chi connectivity index (χ3v) is 11.9. The quantitative estimate of drug-likeness (QED) is 0.496. The molecule has 2 saturated carbocycles. The van der Waals surface area contributed by atoms with Crippen molar-refractivity contribution >= 4 is 5.78 Å². The van der Waals surface area contributed by atoms with E-state index in [9.17, 15) is 9.90 Å². The number of benzene rings is 1. The summed E-state index contributed by atoms with van der Waals surface area (Å²) in [5.41, 5.74) is 5.03. The van der Waals surface area contributed by atoms with E-state index in [-0.39, 0.29) is 29.8 Å². The second kappa shape index (κ2) is 9.10. The second-order valence-corrected chi connectivity index (χ2v) is 13.6. The van der Waals surface area contributed by atoms with Gasteiger partial charge >= 0.3 is 0 Å². The van der Waals surface area contributed by atoms with Crippen molar-refractivity contribution in [3.63, 3.8) is 0 Å². The fourth-order valence-electron chi connectivity index (χ4n) is 9.71. The number of carbonyl (C=O) groups excluding carboxylic acids is 1. The summed E-state index contributed by atoms with van der Waals surface area (Å²) >= 11 is 0. The number of ketones is 1. The van der Waals surface area contributed by atoms with Crippen LogP contribution in [-0.2, 0) is 11.2 Å². The smallest absolute Gasteiger partial charge is 0.231 e. The van der Waals surface area contributed by atoms with Crippen molar-refractivity contribution in [3.05, 3.63) is 40.5 Å². The highest BCUT2D eigenvalue weighted by Crippen LogP contribution is 2.65. The van der Waals surface area contributed by atoms with Crippen molar-refractivity contribution in [1.29, 1.82) is 0 Å². The summed E-state index contributed by atoms with van der Waals surface area (Å²) in [5.74, 6) is 4.24. The van der Waals surface area contributed by atoms with Crippen LogP contribution in [0.2, 0.25) is 0 Å². The molecule has 6 nitrogen and oxygen atoms in total.